The van der Waals surface area contributed by atoms with Crippen molar-refractivity contribution in [2.24, 2.45) is 5.92 Å². The quantitative estimate of drug-likeness (QED) is 0.00889. The van der Waals surface area contributed by atoms with Gasteiger partial charge < -0.3 is 88.7 Å². The minimum atomic E-state index is -5.81. The van der Waals surface area contributed by atoms with Crippen LogP contribution in [0.4, 0.5) is 0 Å². The zero-order chi connectivity index (χ0) is 84.8. The number of ether oxygens (including phenoxy) is 8. The average Bonchev–Trinajstić information content (AvgIpc) is 0.754. The Labute approximate surface area is 699 Å². The Morgan fingerprint density at radius 3 is 1.12 bits per heavy atom. The van der Waals surface area contributed by atoms with Gasteiger partial charge in [-0.15, -0.1) is 0 Å². The van der Waals surface area contributed by atoms with E-state index in [4.69, 9.17) is 46.9 Å². The molecule has 0 aromatic rings. The molecule has 2 aliphatic heterocycles. The minimum Gasteiger partial charge on any atom is -0.463 e. The van der Waals surface area contributed by atoms with E-state index in [1.165, 1.54) is 180 Å². The van der Waals surface area contributed by atoms with Crippen LogP contribution < -0.4 is 0 Å². The van der Waals surface area contributed by atoms with Crippen LogP contribution in [-0.4, -0.2) is 205 Å². The summed E-state index contributed by atoms with van der Waals surface area (Å²) in [4.78, 5) is 66.4. The third-order valence-electron chi connectivity index (χ3n) is 23.2. The van der Waals surface area contributed by atoms with Crippen LogP contribution in [0.2, 0.25) is 0 Å². The molecule has 3 fully saturated rings. The Morgan fingerprint density at radius 1 is 0.362 bits per heavy atom. The molecule has 0 bridgehead atoms. The zero-order valence-electron chi connectivity index (χ0n) is 72.7. The van der Waals surface area contributed by atoms with Crippen molar-refractivity contribution in [1.29, 1.82) is 0 Å². The smallest absolute Gasteiger partial charge is 0.463 e. The number of rotatable bonds is 75. The van der Waals surface area contributed by atoms with Gasteiger partial charge in [0.15, 0.2) is 24.8 Å². The van der Waals surface area contributed by atoms with Gasteiger partial charge in [0.05, 0.1) is 13.2 Å². The Morgan fingerprint density at radius 2 is 0.698 bits per heavy atom. The predicted molar refractivity (Wildman–Crippen MR) is 449 cm³/mol. The summed E-state index contributed by atoms with van der Waals surface area (Å²) in [5.74, 6) is -2.35. The highest BCUT2D eigenvalue weighted by atomic mass is 31.2. The molecule has 116 heavy (non-hydrogen) atoms. The first-order chi connectivity index (χ1) is 56.1. The van der Waals surface area contributed by atoms with Gasteiger partial charge in [-0.25, -0.2) is 4.57 Å². The van der Waals surface area contributed by atoms with Gasteiger partial charge >= 0.3 is 31.7 Å². The molecule has 2 saturated heterocycles. The molecule has 3 rings (SSSR count). The fourth-order valence-corrected chi connectivity index (χ4v) is 16.6. The van der Waals surface area contributed by atoms with E-state index in [0.29, 0.717) is 38.0 Å². The molecule has 10 N–H and O–H groups in total. The predicted octanol–water partition coefficient (Wildman–Crippen LogP) is 17.0. The lowest BCUT2D eigenvalue weighted by atomic mass is 9.84. The van der Waals surface area contributed by atoms with E-state index < -0.39 is 162 Å². The molecule has 1 aliphatic carbocycles. The van der Waals surface area contributed by atoms with Gasteiger partial charge in [0.25, 0.3) is 0 Å². The average molecular weight is 1680 g/mol. The highest BCUT2D eigenvalue weighted by Gasteiger charge is 2.60. The van der Waals surface area contributed by atoms with E-state index in [0.717, 1.165) is 128 Å². The Bertz CT molecular complexity index is 2480. The molecule has 26 heteroatoms. The zero-order valence-corrected chi connectivity index (χ0v) is 73.6. The van der Waals surface area contributed by atoms with Crippen LogP contribution >= 0.6 is 7.82 Å². The highest BCUT2D eigenvalue weighted by molar-refractivity contribution is 7.47. The topological polar surface area (TPSA) is 380 Å². The molecule has 0 spiro atoms. The normalized spacial score (nSPS) is 25.4. The molecule has 0 aromatic heterocycles. The van der Waals surface area contributed by atoms with Crippen LogP contribution in [0.1, 0.15) is 401 Å². The Hall–Kier alpha value is -2.79. The summed E-state index contributed by atoms with van der Waals surface area (Å²) < 4.78 is 73.4. The standard InChI is InChI=1S/C90H167O25P/c1-6-10-14-18-22-25-28-31-32-35-37-40-43-50-56-62-74(93)107-68-72-78(97)80(99)84(103)90(111-72)114-87-85(112-76(95)64-58-52-46-45-48-54-60-69(5)59-53-47-21-17-13-9-4)81(100)82(101)86(113-89-83(102)79(98)77(96)71(65-91)110-89)88(87)115-116(104,105)108-67-70(109-75(94)63-57-51-44-41-38-34-30-27-24-20-16-12-8-3)66-106-73(92)61-55-49-42-39-36-33-29-26-23-19-15-11-7-2/h33,36,69-72,77-91,96-103H,6-32,34-35,37-68H2,1-5H3,(H,104,105)/b36-33-. The number of aliphatic hydroxyl groups excluding tert-OH is 9. The van der Waals surface area contributed by atoms with Crippen molar-refractivity contribution in [3.63, 3.8) is 0 Å². The number of esters is 4. The summed E-state index contributed by atoms with van der Waals surface area (Å²) in [6, 6.07) is 0. The molecular weight excluding hydrogens is 1510 g/mol. The second-order valence-electron chi connectivity index (χ2n) is 33.8. The first kappa shape index (κ1) is 107. The maximum Gasteiger partial charge on any atom is 0.472 e. The van der Waals surface area contributed by atoms with Crippen LogP contribution in [0.5, 0.6) is 0 Å². The van der Waals surface area contributed by atoms with Gasteiger partial charge in [-0.1, -0.05) is 336 Å². The van der Waals surface area contributed by atoms with Gasteiger partial charge in [-0.3, -0.25) is 28.2 Å². The fraction of sp³-hybridized carbons (Fsp3) is 0.933. The summed E-state index contributed by atoms with van der Waals surface area (Å²) in [5, 5.41) is 102. The van der Waals surface area contributed by atoms with Crippen molar-refractivity contribution in [2.45, 2.75) is 505 Å². The van der Waals surface area contributed by atoms with Crippen LogP contribution in [0.15, 0.2) is 12.2 Å². The van der Waals surface area contributed by atoms with E-state index in [2.05, 4.69) is 46.8 Å². The molecule has 3 aliphatic rings. The molecule has 2 heterocycles. The molecule has 19 atom stereocenters. The maximum absolute atomic E-state index is 14.9. The van der Waals surface area contributed by atoms with E-state index >= 15 is 0 Å². The number of allylic oxidation sites excluding steroid dienone is 2. The molecule has 682 valence electrons. The Kier molecular flexibility index (Phi) is 63.5. The van der Waals surface area contributed by atoms with Crippen molar-refractivity contribution in [2.75, 3.05) is 26.4 Å². The van der Waals surface area contributed by atoms with E-state index in [-0.39, 0.29) is 25.7 Å². The molecule has 0 amide bonds. The van der Waals surface area contributed by atoms with Crippen LogP contribution in [0.25, 0.3) is 0 Å². The van der Waals surface area contributed by atoms with Gasteiger partial charge in [0.2, 0.25) is 0 Å². The van der Waals surface area contributed by atoms with Crippen molar-refractivity contribution >= 4 is 31.7 Å². The van der Waals surface area contributed by atoms with Gasteiger partial charge in [0.1, 0.15) is 92.6 Å². The molecule has 19 unspecified atom stereocenters. The molecule has 25 nitrogen and oxygen atoms in total. The molecule has 0 radical (unpaired) electrons. The first-order valence-corrected chi connectivity index (χ1v) is 48.3. The number of carbonyl (C=O) groups excluding carboxylic acids is 4. The Balaban J connectivity index is 1.93. The van der Waals surface area contributed by atoms with E-state index in [9.17, 15) is 74.6 Å². The highest BCUT2D eigenvalue weighted by Crippen LogP contribution is 2.49. The third kappa shape index (κ3) is 48.9. The van der Waals surface area contributed by atoms with Gasteiger partial charge in [-0.2, -0.15) is 0 Å². The molecule has 0 aromatic carbocycles. The van der Waals surface area contributed by atoms with Crippen molar-refractivity contribution in [3.05, 3.63) is 12.2 Å². The number of hydrogen-bond acceptors (Lipinski definition) is 24. The fourth-order valence-electron chi connectivity index (χ4n) is 15.6. The number of unbranched alkanes of at least 4 members (excludes halogenated alkanes) is 45. The monoisotopic (exact) mass is 1680 g/mol. The lowest BCUT2D eigenvalue weighted by Gasteiger charge is -2.50. The van der Waals surface area contributed by atoms with Gasteiger partial charge in [-0.05, 0) is 57.3 Å². The van der Waals surface area contributed by atoms with E-state index in [1.54, 1.807) is 0 Å². The van der Waals surface area contributed by atoms with Crippen LogP contribution in [0.3, 0.4) is 0 Å². The number of phosphoric acid groups is 1. The van der Waals surface area contributed by atoms with Crippen molar-refractivity contribution in [3.8, 4) is 0 Å². The number of phosphoric ester groups is 1. The second-order valence-corrected chi connectivity index (χ2v) is 35.2. The lowest BCUT2D eigenvalue weighted by Crippen LogP contribution is -2.70. The van der Waals surface area contributed by atoms with Crippen molar-refractivity contribution < 1.29 is 122 Å². The van der Waals surface area contributed by atoms with Crippen LogP contribution in [-0.2, 0) is 70.7 Å². The number of carbonyl (C=O) groups is 4. The summed E-state index contributed by atoms with van der Waals surface area (Å²) in [6.07, 6.45) is 25.1. The molecular formula is C90H167O25P. The maximum atomic E-state index is 14.9. The largest absolute Gasteiger partial charge is 0.472 e. The van der Waals surface area contributed by atoms with Gasteiger partial charge in [0, 0.05) is 25.7 Å². The summed E-state index contributed by atoms with van der Waals surface area (Å²) >= 11 is 0. The minimum absolute atomic E-state index is 0.0160. The van der Waals surface area contributed by atoms with Crippen LogP contribution in [0, 0.1) is 5.92 Å². The number of hydrogen-bond donors (Lipinski definition) is 10. The summed E-state index contributed by atoms with van der Waals surface area (Å²) in [7, 11) is -5.81. The molecule has 1 saturated carbocycles. The SMILES string of the molecule is CCCCCCCC/C=C\CCCCCC(=O)OCC(COP(=O)(O)OC1C(OC2OC(CO)C(O)C(O)C2O)C(O)C(O)C(OC(=O)CCCCCCCCC(C)CCCCCCCC)C1OC1OC(COC(=O)CCCCCCCCCCCCCCCCC)C(O)C(O)C1O)OC(=O)CCCCCCCCCCCCCCC. The third-order valence-corrected chi connectivity index (χ3v) is 24.2. The lowest BCUT2D eigenvalue weighted by molar-refractivity contribution is -0.360. The second kappa shape index (κ2) is 68.6. The van der Waals surface area contributed by atoms with E-state index in [1.807, 2.05) is 0 Å². The summed E-state index contributed by atoms with van der Waals surface area (Å²) in [6.45, 7) is 7.88. The summed E-state index contributed by atoms with van der Waals surface area (Å²) in [5.41, 5.74) is 0. The first-order valence-electron chi connectivity index (χ1n) is 46.8. The van der Waals surface area contributed by atoms with Crippen molar-refractivity contribution in [1.82, 2.24) is 0 Å². The number of aliphatic hydroxyl groups is 9.